The first-order valence-corrected chi connectivity index (χ1v) is 11.2. The van der Waals surface area contributed by atoms with Crippen LogP contribution in [0.2, 0.25) is 0 Å². The molecule has 0 aliphatic rings. The summed E-state index contributed by atoms with van der Waals surface area (Å²) >= 11 is 1.21. The molecule has 0 aliphatic carbocycles. The Morgan fingerprint density at radius 3 is 2.26 bits per heavy atom. The number of carbonyl (C=O) groups excluding carboxylic acids is 1. The van der Waals surface area contributed by atoms with E-state index in [2.05, 4.69) is 15.6 Å². The molecule has 1 heterocycles. The summed E-state index contributed by atoms with van der Waals surface area (Å²) in [5.41, 5.74) is 4.79. The van der Waals surface area contributed by atoms with Crippen molar-refractivity contribution < 1.29 is 14.5 Å². The molecular weight excluding hydrogens is 452 g/mol. The third kappa shape index (κ3) is 5.05. The zero-order valence-electron chi connectivity index (χ0n) is 18.8. The van der Waals surface area contributed by atoms with E-state index in [0.29, 0.717) is 32.7 Å². The molecule has 1 aromatic heterocycles. The van der Waals surface area contributed by atoms with E-state index in [1.165, 1.54) is 29.0 Å². The highest BCUT2D eigenvalue weighted by Crippen LogP contribution is 2.34. The molecule has 0 atom stereocenters. The van der Waals surface area contributed by atoms with Gasteiger partial charge in [-0.05, 0) is 73.5 Å². The second kappa shape index (κ2) is 9.72. The van der Waals surface area contributed by atoms with E-state index >= 15 is 0 Å². The Labute approximate surface area is 200 Å². The topological polar surface area (TPSA) is 106 Å². The summed E-state index contributed by atoms with van der Waals surface area (Å²) in [6.45, 7) is 4.06. The van der Waals surface area contributed by atoms with Gasteiger partial charge in [-0.15, -0.1) is 0 Å². The molecule has 0 saturated carbocycles. The van der Waals surface area contributed by atoms with Crippen molar-refractivity contribution in [2.75, 3.05) is 17.7 Å². The van der Waals surface area contributed by atoms with Gasteiger partial charge in [-0.25, -0.2) is 4.98 Å². The van der Waals surface area contributed by atoms with E-state index in [9.17, 15) is 14.9 Å². The Morgan fingerprint density at radius 1 is 0.971 bits per heavy atom. The lowest BCUT2D eigenvalue weighted by atomic mass is 10.1. The number of aromatic nitrogens is 1. The molecule has 4 rings (SSSR count). The molecule has 0 fully saturated rings. The summed E-state index contributed by atoms with van der Waals surface area (Å²) in [6, 6.07) is 19.0. The molecule has 9 heteroatoms. The van der Waals surface area contributed by atoms with Crippen molar-refractivity contribution in [2.24, 2.45) is 0 Å². The molecule has 172 valence electrons. The fraction of sp³-hybridized carbons (Fsp3) is 0.120. The number of hydrogen-bond acceptors (Lipinski definition) is 7. The lowest BCUT2D eigenvalue weighted by Crippen LogP contribution is -2.11. The fourth-order valence-electron chi connectivity index (χ4n) is 3.27. The number of aryl methyl sites for hydroxylation is 2. The molecule has 34 heavy (non-hydrogen) atoms. The summed E-state index contributed by atoms with van der Waals surface area (Å²) in [6.07, 6.45) is 0. The fourth-order valence-corrected chi connectivity index (χ4v) is 4.17. The number of carbonyl (C=O) groups is 1. The molecule has 0 spiro atoms. The van der Waals surface area contributed by atoms with Gasteiger partial charge in [-0.1, -0.05) is 17.4 Å². The van der Waals surface area contributed by atoms with Gasteiger partial charge in [0.05, 0.1) is 17.7 Å². The summed E-state index contributed by atoms with van der Waals surface area (Å²) in [7, 11) is 1.57. The minimum absolute atomic E-state index is 0.0308. The number of rotatable bonds is 7. The number of methoxy groups -OCH3 is 1. The molecule has 0 radical (unpaired) electrons. The summed E-state index contributed by atoms with van der Waals surface area (Å²) in [5, 5.41) is 17.7. The van der Waals surface area contributed by atoms with Crippen LogP contribution in [-0.4, -0.2) is 22.9 Å². The molecule has 3 aromatic carbocycles. The number of benzene rings is 3. The van der Waals surface area contributed by atoms with Crippen LogP contribution in [0.15, 0.2) is 66.7 Å². The normalized spacial score (nSPS) is 10.6. The minimum atomic E-state index is -0.463. The zero-order valence-corrected chi connectivity index (χ0v) is 19.6. The number of ether oxygens (including phenoxy) is 1. The molecule has 2 N–H and O–H groups in total. The monoisotopic (exact) mass is 474 g/mol. The van der Waals surface area contributed by atoms with Gasteiger partial charge in [0.2, 0.25) is 0 Å². The van der Waals surface area contributed by atoms with Crippen LogP contribution in [0.1, 0.15) is 20.8 Å². The third-order valence-electron chi connectivity index (χ3n) is 5.29. The number of nitrogens with zero attached hydrogens (tertiary/aromatic N) is 2. The van der Waals surface area contributed by atoms with Gasteiger partial charge in [0.15, 0.2) is 5.13 Å². The van der Waals surface area contributed by atoms with Crippen LogP contribution >= 0.6 is 11.3 Å². The maximum Gasteiger partial charge on any atom is 0.269 e. The largest absolute Gasteiger partial charge is 0.497 e. The van der Waals surface area contributed by atoms with Gasteiger partial charge < -0.3 is 15.4 Å². The number of anilines is 3. The quantitative estimate of drug-likeness (QED) is 0.239. The standard InChI is InChI=1S/C25H22N4O4S/c1-15-4-7-19(14-16(15)2)27-25-28-22(17-5-10-20(11-6-17)29(31)32)23(34-25)24(30)26-18-8-12-21(33-3)13-9-18/h4-14H,1-3H3,(H,26,30)(H,27,28). The van der Waals surface area contributed by atoms with E-state index in [1.54, 1.807) is 43.5 Å². The Morgan fingerprint density at radius 2 is 1.65 bits per heavy atom. The van der Waals surface area contributed by atoms with Crippen LogP contribution in [0.3, 0.4) is 0 Å². The molecule has 8 nitrogen and oxygen atoms in total. The summed E-state index contributed by atoms with van der Waals surface area (Å²) < 4.78 is 5.16. The maximum atomic E-state index is 13.2. The second-order valence-corrected chi connectivity index (χ2v) is 8.61. The van der Waals surface area contributed by atoms with Crippen LogP contribution in [0.25, 0.3) is 11.3 Å². The molecule has 0 saturated heterocycles. The average molecular weight is 475 g/mol. The smallest absolute Gasteiger partial charge is 0.269 e. The van der Waals surface area contributed by atoms with E-state index in [0.717, 1.165) is 11.3 Å². The highest BCUT2D eigenvalue weighted by atomic mass is 32.1. The van der Waals surface area contributed by atoms with Gasteiger partial charge in [-0.2, -0.15) is 0 Å². The van der Waals surface area contributed by atoms with Gasteiger partial charge >= 0.3 is 0 Å². The number of nitro benzene ring substituents is 1. The lowest BCUT2D eigenvalue weighted by Gasteiger charge is -2.06. The molecule has 4 aromatic rings. The number of thiazole rings is 1. The van der Waals surface area contributed by atoms with Gasteiger partial charge in [-0.3, -0.25) is 14.9 Å². The van der Waals surface area contributed by atoms with Crippen LogP contribution in [0, 0.1) is 24.0 Å². The van der Waals surface area contributed by atoms with Crippen molar-refractivity contribution in [3.05, 3.63) is 92.8 Å². The highest BCUT2D eigenvalue weighted by Gasteiger charge is 2.21. The van der Waals surface area contributed by atoms with E-state index in [-0.39, 0.29) is 11.6 Å². The summed E-state index contributed by atoms with van der Waals surface area (Å²) in [5.74, 6) is 0.353. The first-order valence-electron chi connectivity index (χ1n) is 10.4. The van der Waals surface area contributed by atoms with Crippen molar-refractivity contribution in [1.29, 1.82) is 0 Å². The maximum absolute atomic E-state index is 13.2. The predicted molar refractivity (Wildman–Crippen MR) is 134 cm³/mol. The first kappa shape index (κ1) is 22.9. The van der Waals surface area contributed by atoms with E-state index < -0.39 is 4.92 Å². The zero-order chi connectivity index (χ0) is 24.2. The summed E-state index contributed by atoms with van der Waals surface area (Å²) in [4.78, 5) is 28.8. The molecular formula is C25H22N4O4S. The number of nitrogens with one attached hydrogen (secondary N) is 2. The van der Waals surface area contributed by atoms with E-state index in [4.69, 9.17) is 4.74 Å². The van der Waals surface area contributed by atoms with Crippen LogP contribution in [-0.2, 0) is 0 Å². The molecule has 0 bridgehead atoms. The predicted octanol–water partition coefficient (Wildman–Crippen LogP) is 6.34. The van der Waals surface area contributed by atoms with Crippen LogP contribution in [0.5, 0.6) is 5.75 Å². The van der Waals surface area contributed by atoms with Crippen molar-refractivity contribution in [1.82, 2.24) is 4.98 Å². The van der Waals surface area contributed by atoms with Crippen molar-refractivity contribution >= 4 is 39.4 Å². The highest BCUT2D eigenvalue weighted by molar-refractivity contribution is 7.18. The number of amides is 1. The minimum Gasteiger partial charge on any atom is -0.497 e. The third-order valence-corrected chi connectivity index (χ3v) is 6.26. The van der Waals surface area contributed by atoms with Crippen molar-refractivity contribution in [3.63, 3.8) is 0 Å². The van der Waals surface area contributed by atoms with Crippen LogP contribution in [0.4, 0.5) is 22.2 Å². The van der Waals surface area contributed by atoms with Crippen molar-refractivity contribution in [3.8, 4) is 17.0 Å². The second-order valence-electron chi connectivity index (χ2n) is 7.61. The van der Waals surface area contributed by atoms with Crippen LogP contribution < -0.4 is 15.4 Å². The lowest BCUT2D eigenvalue weighted by molar-refractivity contribution is -0.384. The average Bonchev–Trinajstić information content (AvgIpc) is 3.26. The SMILES string of the molecule is COc1ccc(NC(=O)c2sc(Nc3ccc(C)c(C)c3)nc2-c2ccc([N+](=O)[O-])cc2)cc1. The first-order chi connectivity index (χ1) is 16.3. The Hall–Kier alpha value is -4.24. The van der Waals surface area contributed by atoms with E-state index in [1.807, 2.05) is 32.0 Å². The Balaban J connectivity index is 1.68. The number of hydrogen-bond donors (Lipinski definition) is 2. The Kier molecular flexibility index (Phi) is 6.55. The molecule has 0 unspecified atom stereocenters. The molecule has 0 aliphatic heterocycles. The van der Waals surface area contributed by atoms with Gasteiger partial charge in [0.25, 0.3) is 11.6 Å². The van der Waals surface area contributed by atoms with Crippen molar-refractivity contribution in [2.45, 2.75) is 13.8 Å². The Bertz CT molecular complexity index is 1350. The van der Waals surface area contributed by atoms with Gasteiger partial charge in [0, 0.05) is 29.1 Å². The number of nitro groups is 1. The molecule has 1 amide bonds. The number of non-ortho nitro benzene ring substituents is 1. The van der Waals surface area contributed by atoms with Gasteiger partial charge in [0.1, 0.15) is 10.6 Å².